The van der Waals surface area contributed by atoms with Crippen LogP contribution in [-0.4, -0.2) is 25.3 Å². The first-order valence-electron chi connectivity index (χ1n) is 7.13. The molecule has 0 radical (unpaired) electrons. The van der Waals surface area contributed by atoms with Crippen LogP contribution in [0.15, 0.2) is 12.2 Å². The summed E-state index contributed by atoms with van der Waals surface area (Å²) in [6.07, 6.45) is 8.50. The zero-order valence-corrected chi connectivity index (χ0v) is 11.9. The van der Waals surface area contributed by atoms with Gasteiger partial charge in [-0.1, -0.05) is 26.0 Å². The highest BCUT2D eigenvalue weighted by Gasteiger charge is 2.19. The molecule has 2 nitrogen and oxygen atoms in total. The fraction of sp³-hybridized carbons (Fsp3) is 0.867. The Morgan fingerprint density at radius 2 is 2.00 bits per heavy atom. The molecule has 0 spiro atoms. The largest absolute Gasteiger partial charge is 0.377 e. The maximum absolute atomic E-state index is 5.95. The summed E-state index contributed by atoms with van der Waals surface area (Å²) >= 11 is 0. The first kappa shape index (κ1) is 14.7. The summed E-state index contributed by atoms with van der Waals surface area (Å²) < 4.78 is 5.95. The Bertz CT molecular complexity index is 227. The lowest BCUT2D eigenvalue weighted by atomic mass is 9.85. The van der Waals surface area contributed by atoms with Crippen molar-refractivity contribution in [2.24, 2.45) is 11.8 Å². The molecule has 0 aromatic carbocycles. The Morgan fingerprint density at radius 1 is 1.29 bits per heavy atom. The Morgan fingerprint density at radius 3 is 2.65 bits per heavy atom. The van der Waals surface area contributed by atoms with E-state index < -0.39 is 0 Å². The molecule has 4 atom stereocenters. The zero-order chi connectivity index (χ0) is 12.7. The van der Waals surface area contributed by atoms with Crippen LogP contribution in [0.4, 0.5) is 0 Å². The van der Waals surface area contributed by atoms with E-state index in [1.807, 2.05) is 0 Å². The molecule has 1 rings (SSSR count). The quantitative estimate of drug-likeness (QED) is 0.688. The summed E-state index contributed by atoms with van der Waals surface area (Å²) in [5.41, 5.74) is 0. The fourth-order valence-electron chi connectivity index (χ4n) is 2.10. The Labute approximate surface area is 107 Å². The average molecular weight is 239 g/mol. The van der Waals surface area contributed by atoms with Crippen LogP contribution in [0.5, 0.6) is 0 Å². The Hall–Kier alpha value is -0.340. The first-order chi connectivity index (χ1) is 8.13. The maximum Gasteiger partial charge on any atom is 0.0671 e. The smallest absolute Gasteiger partial charge is 0.0671 e. The van der Waals surface area contributed by atoms with Crippen LogP contribution in [0.25, 0.3) is 0 Å². The standard InChI is InChI=1S/C15H29NO/c1-5-13(3)16-10-14(4)17-11-15-9-7-6-8-12(15)2/h6-7,12-16H,5,8-11H2,1-4H3. The van der Waals surface area contributed by atoms with Gasteiger partial charge in [0.05, 0.1) is 12.7 Å². The van der Waals surface area contributed by atoms with E-state index in [-0.39, 0.29) is 0 Å². The molecule has 100 valence electrons. The van der Waals surface area contributed by atoms with E-state index in [2.05, 4.69) is 45.2 Å². The van der Waals surface area contributed by atoms with E-state index in [0.717, 1.165) is 19.1 Å². The highest BCUT2D eigenvalue weighted by atomic mass is 16.5. The van der Waals surface area contributed by atoms with E-state index in [0.29, 0.717) is 18.1 Å². The summed E-state index contributed by atoms with van der Waals surface area (Å²) in [7, 11) is 0. The summed E-state index contributed by atoms with van der Waals surface area (Å²) in [6, 6.07) is 0.595. The molecule has 17 heavy (non-hydrogen) atoms. The van der Waals surface area contributed by atoms with Gasteiger partial charge in [0.25, 0.3) is 0 Å². The minimum atomic E-state index is 0.321. The van der Waals surface area contributed by atoms with Crippen LogP contribution in [-0.2, 0) is 4.74 Å². The van der Waals surface area contributed by atoms with Gasteiger partial charge in [-0.2, -0.15) is 0 Å². The van der Waals surface area contributed by atoms with Gasteiger partial charge in [-0.05, 0) is 44.9 Å². The summed E-state index contributed by atoms with van der Waals surface area (Å²) in [5, 5.41) is 3.49. The number of ether oxygens (including phenoxy) is 1. The highest BCUT2D eigenvalue weighted by Crippen LogP contribution is 2.25. The van der Waals surface area contributed by atoms with E-state index >= 15 is 0 Å². The van der Waals surface area contributed by atoms with Gasteiger partial charge in [0.15, 0.2) is 0 Å². The van der Waals surface area contributed by atoms with Gasteiger partial charge in [-0.15, -0.1) is 0 Å². The number of hydrogen-bond acceptors (Lipinski definition) is 2. The van der Waals surface area contributed by atoms with E-state index in [1.165, 1.54) is 19.3 Å². The lowest BCUT2D eigenvalue weighted by Gasteiger charge is -2.27. The van der Waals surface area contributed by atoms with Gasteiger partial charge in [0.1, 0.15) is 0 Å². The number of rotatable bonds is 7. The molecule has 0 aromatic heterocycles. The van der Waals surface area contributed by atoms with Crippen molar-refractivity contribution in [2.75, 3.05) is 13.2 Å². The van der Waals surface area contributed by atoms with Crippen molar-refractivity contribution in [3.8, 4) is 0 Å². The predicted molar refractivity (Wildman–Crippen MR) is 74.2 cm³/mol. The Balaban J connectivity index is 2.14. The predicted octanol–water partition coefficient (Wildman–Crippen LogP) is 3.38. The average Bonchev–Trinajstić information content (AvgIpc) is 2.35. The Kier molecular flexibility index (Phi) is 6.83. The second kappa shape index (κ2) is 7.88. The maximum atomic E-state index is 5.95. The molecule has 0 saturated carbocycles. The van der Waals surface area contributed by atoms with Crippen LogP contribution < -0.4 is 5.32 Å². The van der Waals surface area contributed by atoms with Crippen LogP contribution in [0.2, 0.25) is 0 Å². The summed E-state index contributed by atoms with van der Waals surface area (Å²) in [6.45, 7) is 10.8. The second-order valence-corrected chi connectivity index (χ2v) is 5.54. The summed E-state index contributed by atoms with van der Waals surface area (Å²) in [4.78, 5) is 0. The van der Waals surface area contributed by atoms with E-state index in [9.17, 15) is 0 Å². The summed E-state index contributed by atoms with van der Waals surface area (Å²) in [5.74, 6) is 1.49. The normalized spacial score (nSPS) is 28.0. The molecule has 0 heterocycles. The van der Waals surface area contributed by atoms with Crippen LogP contribution in [0, 0.1) is 11.8 Å². The van der Waals surface area contributed by atoms with Gasteiger partial charge in [-0.25, -0.2) is 0 Å². The lowest BCUT2D eigenvalue weighted by Crippen LogP contribution is -2.34. The molecule has 0 fully saturated rings. The highest BCUT2D eigenvalue weighted by molar-refractivity contribution is 4.93. The molecule has 0 saturated heterocycles. The lowest BCUT2D eigenvalue weighted by molar-refractivity contribution is 0.0258. The van der Waals surface area contributed by atoms with Crippen molar-refractivity contribution < 1.29 is 4.74 Å². The third-order valence-corrected chi connectivity index (χ3v) is 3.88. The second-order valence-electron chi connectivity index (χ2n) is 5.54. The molecule has 1 aliphatic carbocycles. The van der Waals surface area contributed by atoms with Gasteiger partial charge < -0.3 is 10.1 Å². The topological polar surface area (TPSA) is 21.3 Å². The van der Waals surface area contributed by atoms with Crippen molar-refractivity contribution in [2.45, 2.75) is 59.1 Å². The molecule has 1 aliphatic rings. The van der Waals surface area contributed by atoms with Crippen molar-refractivity contribution >= 4 is 0 Å². The van der Waals surface area contributed by atoms with Gasteiger partial charge in [-0.3, -0.25) is 0 Å². The van der Waals surface area contributed by atoms with Crippen LogP contribution >= 0.6 is 0 Å². The molecule has 0 aromatic rings. The third kappa shape index (κ3) is 5.69. The van der Waals surface area contributed by atoms with Gasteiger partial charge >= 0.3 is 0 Å². The van der Waals surface area contributed by atoms with Crippen molar-refractivity contribution in [1.29, 1.82) is 0 Å². The minimum Gasteiger partial charge on any atom is -0.377 e. The molecule has 0 amide bonds. The van der Waals surface area contributed by atoms with Crippen molar-refractivity contribution in [3.05, 3.63) is 12.2 Å². The minimum absolute atomic E-state index is 0.321. The van der Waals surface area contributed by atoms with Crippen molar-refractivity contribution in [3.63, 3.8) is 0 Å². The number of allylic oxidation sites excluding steroid dienone is 2. The molecule has 2 heteroatoms. The van der Waals surface area contributed by atoms with Crippen molar-refractivity contribution in [1.82, 2.24) is 5.32 Å². The molecule has 0 aliphatic heterocycles. The van der Waals surface area contributed by atoms with Gasteiger partial charge in [0, 0.05) is 12.6 Å². The monoisotopic (exact) mass is 239 g/mol. The van der Waals surface area contributed by atoms with Crippen LogP contribution in [0.1, 0.15) is 47.0 Å². The molecule has 4 unspecified atom stereocenters. The SMILES string of the molecule is CCC(C)NCC(C)OCC1CC=CCC1C. The molecule has 0 bridgehead atoms. The van der Waals surface area contributed by atoms with Gasteiger partial charge in [0.2, 0.25) is 0 Å². The van der Waals surface area contributed by atoms with E-state index in [1.54, 1.807) is 0 Å². The number of nitrogens with one attached hydrogen (secondary N) is 1. The first-order valence-corrected chi connectivity index (χ1v) is 7.13. The third-order valence-electron chi connectivity index (χ3n) is 3.88. The molecule has 1 N–H and O–H groups in total. The zero-order valence-electron chi connectivity index (χ0n) is 11.9. The molecular formula is C15H29NO. The van der Waals surface area contributed by atoms with E-state index in [4.69, 9.17) is 4.74 Å². The fourth-order valence-corrected chi connectivity index (χ4v) is 2.10. The van der Waals surface area contributed by atoms with Crippen LogP contribution in [0.3, 0.4) is 0 Å². The molecular weight excluding hydrogens is 210 g/mol. The number of hydrogen-bond donors (Lipinski definition) is 1.